The van der Waals surface area contributed by atoms with Crippen molar-refractivity contribution in [1.82, 2.24) is 9.80 Å². The number of nitrogens with zero attached hydrogens (tertiary/aromatic N) is 2. The fraction of sp³-hybridized carbons (Fsp3) is 0.650. The number of halogens is 2. The lowest BCUT2D eigenvalue weighted by Gasteiger charge is -2.34. The second-order valence-electron chi connectivity index (χ2n) is 7.41. The summed E-state index contributed by atoms with van der Waals surface area (Å²) in [5.74, 6) is 0.890. The third kappa shape index (κ3) is 7.76. The predicted octanol–water partition coefficient (Wildman–Crippen LogP) is 3.05. The molecular formula is C20H33Cl2N3O3. The van der Waals surface area contributed by atoms with E-state index in [4.69, 9.17) is 9.47 Å². The minimum atomic E-state index is 0. The maximum Gasteiger partial charge on any atom is 0.238 e. The van der Waals surface area contributed by atoms with Gasteiger partial charge in [0.2, 0.25) is 5.91 Å². The molecule has 2 heterocycles. The van der Waals surface area contributed by atoms with Crippen LogP contribution in [0.1, 0.15) is 26.7 Å². The van der Waals surface area contributed by atoms with Crippen molar-refractivity contribution in [2.75, 3.05) is 51.3 Å². The van der Waals surface area contributed by atoms with E-state index in [1.165, 1.54) is 0 Å². The molecule has 6 nitrogen and oxygen atoms in total. The van der Waals surface area contributed by atoms with Crippen LogP contribution < -0.4 is 10.1 Å². The lowest BCUT2D eigenvalue weighted by molar-refractivity contribution is -0.118. The highest BCUT2D eigenvalue weighted by Gasteiger charge is 2.22. The Morgan fingerprint density at radius 1 is 1.11 bits per heavy atom. The average Bonchev–Trinajstić information content (AvgIpc) is 2.64. The van der Waals surface area contributed by atoms with E-state index >= 15 is 0 Å². The summed E-state index contributed by atoms with van der Waals surface area (Å²) >= 11 is 0. The van der Waals surface area contributed by atoms with Gasteiger partial charge in [-0.15, -0.1) is 24.8 Å². The Balaban J connectivity index is 0.00000196. The number of nitrogens with one attached hydrogen (secondary N) is 1. The molecule has 2 aliphatic heterocycles. The zero-order valence-electron chi connectivity index (χ0n) is 16.8. The van der Waals surface area contributed by atoms with Crippen molar-refractivity contribution in [2.24, 2.45) is 0 Å². The second kappa shape index (κ2) is 12.5. The van der Waals surface area contributed by atoms with Crippen molar-refractivity contribution in [1.29, 1.82) is 0 Å². The Hall–Kier alpha value is -1.05. The molecule has 1 amide bonds. The van der Waals surface area contributed by atoms with Gasteiger partial charge in [-0.25, -0.2) is 0 Å². The standard InChI is InChI=1S/C20H31N3O3.2ClH/c1-16(2)23-9-7-19(8-10-23)26-18-5-3-17(4-6-18)21-20(24)15-22-11-13-25-14-12-22;;/h3-6,16,19H,7-15H2,1-2H3,(H,21,24);2*1H. The zero-order valence-corrected chi connectivity index (χ0v) is 18.4. The lowest BCUT2D eigenvalue weighted by atomic mass is 10.1. The smallest absolute Gasteiger partial charge is 0.238 e. The molecule has 2 fully saturated rings. The average molecular weight is 434 g/mol. The molecule has 0 bridgehead atoms. The molecule has 0 atom stereocenters. The number of anilines is 1. The van der Waals surface area contributed by atoms with Gasteiger partial charge in [0.25, 0.3) is 0 Å². The van der Waals surface area contributed by atoms with Crippen molar-refractivity contribution in [3.63, 3.8) is 0 Å². The minimum absolute atomic E-state index is 0. The number of piperidine rings is 1. The molecule has 1 aromatic carbocycles. The Kier molecular flexibility index (Phi) is 11.2. The number of likely N-dealkylation sites (tertiary alicyclic amines) is 1. The van der Waals surface area contributed by atoms with Gasteiger partial charge in [-0.2, -0.15) is 0 Å². The summed E-state index contributed by atoms with van der Waals surface area (Å²) in [7, 11) is 0. The van der Waals surface area contributed by atoms with E-state index in [-0.39, 0.29) is 36.8 Å². The number of carbonyl (C=O) groups is 1. The summed E-state index contributed by atoms with van der Waals surface area (Å²) in [5, 5.41) is 2.95. The van der Waals surface area contributed by atoms with Crippen molar-refractivity contribution in [3.05, 3.63) is 24.3 Å². The number of morpholine rings is 1. The summed E-state index contributed by atoms with van der Waals surface area (Å²) < 4.78 is 11.4. The first-order valence-corrected chi connectivity index (χ1v) is 9.71. The van der Waals surface area contributed by atoms with Crippen LogP contribution in [0.25, 0.3) is 0 Å². The maximum atomic E-state index is 12.1. The first-order chi connectivity index (χ1) is 12.6. The first kappa shape index (κ1) is 25.0. The topological polar surface area (TPSA) is 54.0 Å². The fourth-order valence-electron chi connectivity index (χ4n) is 3.48. The molecule has 0 spiro atoms. The van der Waals surface area contributed by atoms with Crippen LogP contribution >= 0.6 is 24.8 Å². The van der Waals surface area contributed by atoms with Crippen LogP contribution in [-0.4, -0.2) is 73.8 Å². The van der Waals surface area contributed by atoms with Crippen molar-refractivity contribution in [2.45, 2.75) is 38.8 Å². The van der Waals surface area contributed by atoms with Gasteiger partial charge in [0.1, 0.15) is 11.9 Å². The van der Waals surface area contributed by atoms with Gasteiger partial charge in [0.05, 0.1) is 19.8 Å². The van der Waals surface area contributed by atoms with E-state index in [0.29, 0.717) is 25.8 Å². The number of rotatable bonds is 6. The zero-order chi connectivity index (χ0) is 18.4. The van der Waals surface area contributed by atoms with Gasteiger partial charge in [0.15, 0.2) is 0 Å². The number of carbonyl (C=O) groups excluding carboxylic acids is 1. The molecule has 8 heteroatoms. The largest absolute Gasteiger partial charge is 0.490 e. The molecule has 0 aromatic heterocycles. The van der Waals surface area contributed by atoms with Gasteiger partial charge in [-0.1, -0.05) is 0 Å². The Bertz CT molecular complexity index is 573. The van der Waals surface area contributed by atoms with Crippen LogP contribution in [0.2, 0.25) is 0 Å². The van der Waals surface area contributed by atoms with Crippen LogP contribution in [0.5, 0.6) is 5.75 Å². The summed E-state index contributed by atoms with van der Waals surface area (Å²) in [6.07, 6.45) is 2.42. The summed E-state index contributed by atoms with van der Waals surface area (Å²) in [5.41, 5.74) is 0.810. The number of benzene rings is 1. The Morgan fingerprint density at radius 2 is 1.71 bits per heavy atom. The third-order valence-corrected chi connectivity index (χ3v) is 5.12. The molecule has 1 N–H and O–H groups in total. The highest BCUT2D eigenvalue weighted by Crippen LogP contribution is 2.22. The molecule has 2 saturated heterocycles. The number of hydrogen-bond donors (Lipinski definition) is 1. The van der Waals surface area contributed by atoms with Gasteiger partial charge >= 0.3 is 0 Å². The highest BCUT2D eigenvalue weighted by molar-refractivity contribution is 5.92. The minimum Gasteiger partial charge on any atom is -0.490 e. The second-order valence-corrected chi connectivity index (χ2v) is 7.41. The van der Waals surface area contributed by atoms with Crippen molar-refractivity contribution in [3.8, 4) is 5.75 Å². The highest BCUT2D eigenvalue weighted by atomic mass is 35.5. The van der Waals surface area contributed by atoms with E-state index in [2.05, 4.69) is 29.0 Å². The molecule has 1 aromatic rings. The monoisotopic (exact) mass is 433 g/mol. The summed E-state index contributed by atoms with van der Waals surface area (Å²) in [4.78, 5) is 16.7. The van der Waals surface area contributed by atoms with Crippen LogP contribution in [0, 0.1) is 0 Å². The Morgan fingerprint density at radius 3 is 2.29 bits per heavy atom. The first-order valence-electron chi connectivity index (χ1n) is 9.71. The fourth-order valence-corrected chi connectivity index (χ4v) is 3.48. The normalized spacial score (nSPS) is 18.8. The van der Waals surface area contributed by atoms with Crippen LogP contribution in [0.4, 0.5) is 5.69 Å². The van der Waals surface area contributed by atoms with Crippen molar-refractivity contribution < 1.29 is 14.3 Å². The van der Waals surface area contributed by atoms with Crippen molar-refractivity contribution >= 4 is 36.4 Å². The van der Waals surface area contributed by atoms with Gasteiger partial charge < -0.3 is 19.7 Å². The molecular weight excluding hydrogens is 401 g/mol. The molecule has 3 rings (SSSR count). The quantitative estimate of drug-likeness (QED) is 0.746. The van der Waals surface area contributed by atoms with E-state index in [9.17, 15) is 4.79 Å². The van der Waals surface area contributed by atoms with E-state index in [1.807, 2.05) is 24.3 Å². The molecule has 0 saturated carbocycles. The lowest BCUT2D eigenvalue weighted by Crippen LogP contribution is -2.41. The molecule has 28 heavy (non-hydrogen) atoms. The molecule has 0 radical (unpaired) electrons. The molecule has 2 aliphatic rings. The van der Waals surface area contributed by atoms with Crippen LogP contribution in [0.3, 0.4) is 0 Å². The van der Waals surface area contributed by atoms with E-state index in [1.54, 1.807) is 0 Å². The SMILES string of the molecule is CC(C)N1CCC(Oc2ccc(NC(=O)CN3CCOCC3)cc2)CC1.Cl.Cl. The number of hydrogen-bond acceptors (Lipinski definition) is 5. The van der Waals surface area contributed by atoms with Gasteiger partial charge in [-0.3, -0.25) is 9.69 Å². The van der Waals surface area contributed by atoms with E-state index in [0.717, 1.165) is 50.5 Å². The Labute approximate surface area is 180 Å². The predicted molar refractivity (Wildman–Crippen MR) is 117 cm³/mol. The van der Waals surface area contributed by atoms with Crippen LogP contribution in [0.15, 0.2) is 24.3 Å². The maximum absolute atomic E-state index is 12.1. The third-order valence-electron chi connectivity index (χ3n) is 5.12. The molecule has 160 valence electrons. The number of ether oxygens (including phenoxy) is 2. The van der Waals surface area contributed by atoms with Gasteiger partial charge in [0, 0.05) is 37.9 Å². The van der Waals surface area contributed by atoms with Crippen LogP contribution in [-0.2, 0) is 9.53 Å². The molecule has 0 aliphatic carbocycles. The number of amides is 1. The molecule has 0 unspecified atom stereocenters. The summed E-state index contributed by atoms with van der Waals surface area (Å²) in [6.45, 7) is 10.1. The summed E-state index contributed by atoms with van der Waals surface area (Å²) in [6, 6.07) is 8.32. The van der Waals surface area contributed by atoms with E-state index < -0.39 is 0 Å². The van der Waals surface area contributed by atoms with Gasteiger partial charge in [-0.05, 0) is 51.0 Å².